The minimum Gasteiger partial charge on any atom is -0.399 e. The molecular formula is C16H16ClIN2O. The molecule has 0 unspecified atom stereocenters. The minimum atomic E-state index is -0.0556. The van der Waals surface area contributed by atoms with Crippen LogP contribution in [0.25, 0.3) is 0 Å². The molecule has 0 saturated carbocycles. The van der Waals surface area contributed by atoms with Gasteiger partial charge in [-0.05, 0) is 71.5 Å². The van der Waals surface area contributed by atoms with E-state index < -0.39 is 0 Å². The molecular weight excluding hydrogens is 399 g/mol. The Kier molecular flexibility index (Phi) is 5.47. The van der Waals surface area contributed by atoms with Crippen molar-refractivity contribution in [1.82, 2.24) is 0 Å². The van der Waals surface area contributed by atoms with Crippen LogP contribution in [0.3, 0.4) is 0 Å². The molecule has 2 rings (SSSR count). The number of benzene rings is 2. The highest BCUT2D eigenvalue weighted by Gasteiger charge is 2.17. The van der Waals surface area contributed by atoms with E-state index in [1.165, 1.54) is 0 Å². The smallest absolute Gasteiger partial charge is 0.258 e. The Balaban J connectivity index is 2.34. The van der Waals surface area contributed by atoms with Crippen molar-refractivity contribution in [3.05, 3.63) is 56.6 Å². The standard InChI is InChI=1S/C16H16ClIN2O/c1-2-9-20(13-6-4-12(19)5-7-13)16(21)11-3-8-15(18)14(17)10-11/h3-8,10H,2,9,19H2,1H3. The summed E-state index contributed by atoms with van der Waals surface area (Å²) < 4.78 is 0.931. The SMILES string of the molecule is CCCN(C(=O)c1ccc(I)c(Cl)c1)c1ccc(N)cc1. The average Bonchev–Trinajstić information content (AvgIpc) is 2.48. The van der Waals surface area contributed by atoms with E-state index in [1.54, 1.807) is 29.2 Å². The highest BCUT2D eigenvalue weighted by atomic mass is 127. The number of amides is 1. The van der Waals surface area contributed by atoms with Gasteiger partial charge in [0.25, 0.3) is 5.91 Å². The van der Waals surface area contributed by atoms with Crippen molar-refractivity contribution in [3.63, 3.8) is 0 Å². The summed E-state index contributed by atoms with van der Waals surface area (Å²) in [6.07, 6.45) is 0.869. The van der Waals surface area contributed by atoms with Gasteiger partial charge in [0.1, 0.15) is 0 Å². The summed E-state index contributed by atoms with van der Waals surface area (Å²) >= 11 is 8.25. The molecule has 2 N–H and O–H groups in total. The molecule has 21 heavy (non-hydrogen) atoms. The third-order valence-electron chi connectivity index (χ3n) is 3.06. The Morgan fingerprint density at radius 1 is 1.24 bits per heavy atom. The Morgan fingerprint density at radius 2 is 1.90 bits per heavy atom. The van der Waals surface area contributed by atoms with Crippen LogP contribution in [0.4, 0.5) is 11.4 Å². The predicted octanol–water partition coefficient (Wildman–Crippen LogP) is 4.58. The average molecular weight is 415 g/mol. The number of carbonyl (C=O) groups is 1. The lowest BCUT2D eigenvalue weighted by molar-refractivity contribution is 0.0987. The second kappa shape index (κ2) is 7.13. The van der Waals surface area contributed by atoms with Crippen molar-refractivity contribution >= 4 is 51.5 Å². The molecule has 0 aliphatic rings. The molecule has 0 fully saturated rings. The first kappa shape index (κ1) is 16.1. The lowest BCUT2D eigenvalue weighted by Gasteiger charge is -2.22. The summed E-state index contributed by atoms with van der Waals surface area (Å²) in [6.45, 7) is 2.69. The van der Waals surface area contributed by atoms with Crippen LogP contribution in [0.15, 0.2) is 42.5 Å². The summed E-state index contributed by atoms with van der Waals surface area (Å²) in [6, 6.07) is 12.7. The molecule has 0 aliphatic heterocycles. The number of hydrogen-bond donors (Lipinski definition) is 1. The van der Waals surface area contributed by atoms with E-state index in [-0.39, 0.29) is 5.91 Å². The lowest BCUT2D eigenvalue weighted by atomic mass is 10.1. The van der Waals surface area contributed by atoms with Crippen LogP contribution < -0.4 is 10.6 Å². The summed E-state index contributed by atoms with van der Waals surface area (Å²) in [5, 5.41) is 0.593. The maximum absolute atomic E-state index is 12.7. The van der Waals surface area contributed by atoms with Gasteiger partial charge in [0.05, 0.1) is 5.02 Å². The fraction of sp³-hybridized carbons (Fsp3) is 0.188. The van der Waals surface area contributed by atoms with Crippen LogP contribution >= 0.6 is 34.2 Å². The molecule has 2 aromatic rings. The molecule has 0 saturated heterocycles. The van der Waals surface area contributed by atoms with E-state index in [1.807, 2.05) is 25.1 Å². The Bertz CT molecular complexity index is 643. The Morgan fingerprint density at radius 3 is 2.48 bits per heavy atom. The first-order chi connectivity index (χ1) is 10.0. The number of carbonyl (C=O) groups excluding carboxylic acids is 1. The van der Waals surface area contributed by atoms with E-state index in [2.05, 4.69) is 22.6 Å². The number of anilines is 2. The highest BCUT2D eigenvalue weighted by Crippen LogP contribution is 2.23. The molecule has 0 atom stereocenters. The van der Waals surface area contributed by atoms with E-state index >= 15 is 0 Å². The van der Waals surface area contributed by atoms with Crippen LogP contribution in [-0.2, 0) is 0 Å². The topological polar surface area (TPSA) is 46.3 Å². The van der Waals surface area contributed by atoms with Crippen molar-refractivity contribution in [2.45, 2.75) is 13.3 Å². The highest BCUT2D eigenvalue weighted by molar-refractivity contribution is 14.1. The van der Waals surface area contributed by atoms with Gasteiger partial charge in [0.2, 0.25) is 0 Å². The number of nitrogens with two attached hydrogens (primary N) is 1. The molecule has 5 heteroatoms. The van der Waals surface area contributed by atoms with Gasteiger partial charge >= 0.3 is 0 Å². The zero-order chi connectivity index (χ0) is 15.4. The largest absolute Gasteiger partial charge is 0.399 e. The fourth-order valence-electron chi connectivity index (χ4n) is 2.01. The molecule has 3 nitrogen and oxygen atoms in total. The van der Waals surface area contributed by atoms with Crippen molar-refractivity contribution in [1.29, 1.82) is 0 Å². The molecule has 0 bridgehead atoms. The molecule has 0 radical (unpaired) electrons. The second-order valence-electron chi connectivity index (χ2n) is 4.68. The molecule has 0 heterocycles. The number of hydrogen-bond acceptors (Lipinski definition) is 2. The maximum Gasteiger partial charge on any atom is 0.258 e. The van der Waals surface area contributed by atoms with Gasteiger partial charge in [-0.15, -0.1) is 0 Å². The molecule has 0 spiro atoms. The van der Waals surface area contributed by atoms with E-state index in [9.17, 15) is 4.79 Å². The second-order valence-corrected chi connectivity index (χ2v) is 6.25. The van der Waals surface area contributed by atoms with E-state index in [0.717, 1.165) is 15.7 Å². The quantitative estimate of drug-likeness (QED) is 0.588. The number of nitrogen functional groups attached to an aromatic ring is 1. The van der Waals surface area contributed by atoms with E-state index in [0.29, 0.717) is 22.8 Å². The van der Waals surface area contributed by atoms with Crippen LogP contribution in [-0.4, -0.2) is 12.5 Å². The first-order valence-corrected chi connectivity index (χ1v) is 8.11. The van der Waals surface area contributed by atoms with Gasteiger partial charge in [-0.1, -0.05) is 18.5 Å². The van der Waals surface area contributed by atoms with Gasteiger partial charge in [0.15, 0.2) is 0 Å². The summed E-state index contributed by atoms with van der Waals surface area (Å²) in [5.41, 5.74) is 7.81. The van der Waals surface area contributed by atoms with Gasteiger partial charge in [-0.25, -0.2) is 0 Å². The van der Waals surface area contributed by atoms with Crippen molar-refractivity contribution in [2.75, 3.05) is 17.2 Å². The molecule has 1 amide bonds. The van der Waals surface area contributed by atoms with Gasteiger partial charge < -0.3 is 10.6 Å². The molecule has 0 aromatic heterocycles. The third-order valence-corrected chi connectivity index (χ3v) is 4.64. The monoisotopic (exact) mass is 414 g/mol. The number of nitrogens with zero attached hydrogens (tertiary/aromatic N) is 1. The van der Waals surface area contributed by atoms with Crippen LogP contribution in [0.1, 0.15) is 23.7 Å². The van der Waals surface area contributed by atoms with Crippen LogP contribution in [0.5, 0.6) is 0 Å². The van der Waals surface area contributed by atoms with Crippen molar-refractivity contribution in [3.8, 4) is 0 Å². The minimum absolute atomic E-state index is 0.0556. The maximum atomic E-state index is 12.7. The third kappa shape index (κ3) is 3.89. The molecule has 2 aromatic carbocycles. The summed E-state index contributed by atoms with van der Waals surface area (Å²) in [4.78, 5) is 14.5. The number of rotatable bonds is 4. The van der Waals surface area contributed by atoms with Crippen LogP contribution in [0.2, 0.25) is 5.02 Å². The van der Waals surface area contributed by atoms with Gasteiger partial charge in [0, 0.05) is 27.1 Å². The van der Waals surface area contributed by atoms with Gasteiger partial charge in [-0.3, -0.25) is 4.79 Å². The lowest BCUT2D eigenvalue weighted by Crippen LogP contribution is -2.31. The van der Waals surface area contributed by atoms with Crippen LogP contribution in [0, 0.1) is 3.57 Å². The first-order valence-electron chi connectivity index (χ1n) is 6.65. The zero-order valence-corrected chi connectivity index (χ0v) is 14.6. The normalized spacial score (nSPS) is 10.4. The zero-order valence-electron chi connectivity index (χ0n) is 11.6. The van der Waals surface area contributed by atoms with Gasteiger partial charge in [-0.2, -0.15) is 0 Å². The summed E-state index contributed by atoms with van der Waals surface area (Å²) in [5.74, 6) is -0.0556. The van der Waals surface area contributed by atoms with E-state index in [4.69, 9.17) is 17.3 Å². The molecule has 0 aliphatic carbocycles. The van der Waals surface area contributed by atoms with Crippen molar-refractivity contribution < 1.29 is 4.79 Å². The molecule has 110 valence electrons. The number of halogens is 2. The Labute approximate surface area is 143 Å². The predicted molar refractivity (Wildman–Crippen MR) is 97.0 cm³/mol. The summed E-state index contributed by atoms with van der Waals surface area (Å²) in [7, 11) is 0. The Hall–Kier alpha value is -1.27. The van der Waals surface area contributed by atoms with Crippen molar-refractivity contribution in [2.24, 2.45) is 0 Å². The fourth-order valence-corrected chi connectivity index (χ4v) is 2.53.